The summed E-state index contributed by atoms with van der Waals surface area (Å²) in [5.74, 6) is 0.227. The van der Waals surface area contributed by atoms with Gasteiger partial charge in [-0.2, -0.15) is 0 Å². The smallest absolute Gasteiger partial charge is 0.346 e. The first-order valence-corrected chi connectivity index (χ1v) is 11.9. The van der Waals surface area contributed by atoms with Crippen molar-refractivity contribution in [1.29, 1.82) is 0 Å². The molecule has 0 heterocycles. The molecule has 0 aromatic heterocycles. The number of nitrogens with zero attached hydrogens (tertiary/aromatic N) is 2. The predicted molar refractivity (Wildman–Crippen MR) is 130 cm³/mol. The van der Waals surface area contributed by atoms with Crippen LogP contribution in [0.3, 0.4) is 0 Å². The standard InChI is InChI=1S/C22H24Cl4N2O3/c23-7-11-27(12-8-24)19-5-1-3-17(15-19)21(29)31-22(30)18-4-2-6-20(16-18)28(13-9-25)14-10-26/h1-6,15-16H,7-14H2. The molecule has 31 heavy (non-hydrogen) atoms. The monoisotopic (exact) mass is 504 g/mol. The second-order valence-corrected chi connectivity index (χ2v) is 8.02. The summed E-state index contributed by atoms with van der Waals surface area (Å²) in [6.07, 6.45) is 0. The van der Waals surface area contributed by atoms with Crippen molar-refractivity contribution in [2.45, 2.75) is 0 Å². The van der Waals surface area contributed by atoms with Crippen LogP contribution >= 0.6 is 46.4 Å². The average molecular weight is 506 g/mol. The van der Waals surface area contributed by atoms with Crippen LogP contribution in [0.1, 0.15) is 20.7 Å². The Kier molecular flexibility index (Phi) is 11.3. The minimum Gasteiger partial charge on any atom is -0.386 e. The van der Waals surface area contributed by atoms with Crippen molar-refractivity contribution in [3.05, 3.63) is 59.7 Å². The third kappa shape index (κ3) is 7.76. The van der Waals surface area contributed by atoms with E-state index in [0.29, 0.717) is 49.7 Å². The average Bonchev–Trinajstić information content (AvgIpc) is 2.79. The first-order valence-electron chi connectivity index (χ1n) is 9.74. The van der Waals surface area contributed by atoms with Crippen molar-refractivity contribution in [3.8, 4) is 0 Å². The Hall–Kier alpha value is -1.66. The van der Waals surface area contributed by atoms with Gasteiger partial charge >= 0.3 is 11.9 Å². The number of carbonyl (C=O) groups is 2. The maximum absolute atomic E-state index is 12.6. The number of rotatable bonds is 12. The zero-order chi connectivity index (χ0) is 22.6. The number of alkyl halides is 4. The van der Waals surface area contributed by atoms with E-state index in [2.05, 4.69) is 0 Å². The molecule has 168 valence electrons. The zero-order valence-electron chi connectivity index (χ0n) is 16.9. The predicted octanol–water partition coefficient (Wildman–Crippen LogP) is 5.25. The summed E-state index contributed by atoms with van der Waals surface area (Å²) < 4.78 is 5.11. The molecule has 0 radical (unpaired) electrons. The van der Waals surface area contributed by atoms with Crippen LogP contribution in [0.5, 0.6) is 0 Å². The normalized spacial score (nSPS) is 10.6. The third-order valence-corrected chi connectivity index (χ3v) is 5.17. The lowest BCUT2D eigenvalue weighted by Crippen LogP contribution is -2.28. The third-order valence-electron chi connectivity index (χ3n) is 4.50. The molecule has 2 aromatic rings. The van der Waals surface area contributed by atoms with Gasteiger partial charge in [0, 0.05) is 61.1 Å². The van der Waals surface area contributed by atoms with Gasteiger partial charge in [0.25, 0.3) is 0 Å². The maximum atomic E-state index is 12.6. The molecule has 0 atom stereocenters. The molecule has 0 fully saturated rings. The van der Waals surface area contributed by atoms with Gasteiger partial charge in [0.1, 0.15) is 0 Å². The Labute approximate surface area is 202 Å². The molecule has 0 aliphatic carbocycles. The lowest BCUT2D eigenvalue weighted by Gasteiger charge is -2.23. The van der Waals surface area contributed by atoms with Gasteiger partial charge in [-0.1, -0.05) is 12.1 Å². The van der Waals surface area contributed by atoms with Gasteiger partial charge in [-0.05, 0) is 36.4 Å². The van der Waals surface area contributed by atoms with Crippen LogP contribution in [0.4, 0.5) is 11.4 Å². The number of esters is 2. The van der Waals surface area contributed by atoms with Crippen LogP contribution in [0.15, 0.2) is 48.5 Å². The van der Waals surface area contributed by atoms with Gasteiger partial charge in [-0.25, -0.2) is 9.59 Å². The molecule has 0 spiro atoms. The summed E-state index contributed by atoms with van der Waals surface area (Å²) in [5.41, 5.74) is 2.09. The summed E-state index contributed by atoms with van der Waals surface area (Å²) in [4.78, 5) is 29.1. The van der Waals surface area contributed by atoms with Crippen LogP contribution in [0.2, 0.25) is 0 Å². The minimum atomic E-state index is -0.729. The fourth-order valence-corrected chi connectivity index (χ4v) is 3.83. The van der Waals surface area contributed by atoms with Crippen molar-refractivity contribution in [2.75, 3.05) is 59.5 Å². The number of hydrogen-bond acceptors (Lipinski definition) is 5. The van der Waals surface area contributed by atoms with Gasteiger partial charge < -0.3 is 14.5 Å². The fourth-order valence-electron chi connectivity index (χ4n) is 3.01. The first kappa shape index (κ1) is 25.6. The van der Waals surface area contributed by atoms with Crippen LogP contribution in [0.25, 0.3) is 0 Å². The van der Waals surface area contributed by atoms with Crippen LogP contribution in [-0.2, 0) is 4.74 Å². The molecule has 0 unspecified atom stereocenters. The van der Waals surface area contributed by atoms with Gasteiger partial charge in [0.05, 0.1) is 11.1 Å². The highest BCUT2D eigenvalue weighted by Crippen LogP contribution is 2.20. The van der Waals surface area contributed by atoms with Crippen molar-refractivity contribution < 1.29 is 14.3 Å². The summed E-state index contributed by atoms with van der Waals surface area (Å²) in [7, 11) is 0. The number of benzene rings is 2. The highest BCUT2D eigenvalue weighted by atomic mass is 35.5. The van der Waals surface area contributed by atoms with Crippen LogP contribution in [-0.4, -0.2) is 61.6 Å². The number of ether oxygens (including phenoxy) is 1. The number of halogens is 4. The highest BCUT2D eigenvalue weighted by Gasteiger charge is 2.18. The van der Waals surface area contributed by atoms with Crippen molar-refractivity contribution >= 4 is 69.7 Å². The minimum absolute atomic E-state index is 0.266. The van der Waals surface area contributed by atoms with Gasteiger partial charge in [-0.15, -0.1) is 46.4 Å². The molecular formula is C22H24Cl4N2O3. The van der Waals surface area contributed by atoms with E-state index in [4.69, 9.17) is 51.1 Å². The Balaban J connectivity index is 2.15. The van der Waals surface area contributed by atoms with Gasteiger partial charge in [-0.3, -0.25) is 0 Å². The molecular weight excluding hydrogens is 482 g/mol. The first-order chi connectivity index (χ1) is 15.0. The van der Waals surface area contributed by atoms with E-state index in [9.17, 15) is 9.59 Å². The quantitative estimate of drug-likeness (QED) is 0.224. The number of anilines is 2. The van der Waals surface area contributed by atoms with Crippen molar-refractivity contribution in [1.82, 2.24) is 0 Å². The fraction of sp³-hybridized carbons (Fsp3) is 0.364. The van der Waals surface area contributed by atoms with E-state index < -0.39 is 11.9 Å². The van der Waals surface area contributed by atoms with Crippen molar-refractivity contribution in [2.24, 2.45) is 0 Å². The molecule has 0 saturated heterocycles. The molecule has 5 nitrogen and oxygen atoms in total. The molecule has 0 aliphatic rings. The lowest BCUT2D eigenvalue weighted by molar-refractivity contribution is 0.0398. The molecule has 2 rings (SSSR count). The highest BCUT2D eigenvalue weighted by molar-refractivity contribution is 6.19. The second kappa shape index (κ2) is 13.7. The van der Waals surface area contributed by atoms with E-state index in [-0.39, 0.29) is 11.1 Å². The molecule has 0 amide bonds. The Morgan fingerprint density at radius 2 is 1.00 bits per heavy atom. The molecule has 2 aromatic carbocycles. The maximum Gasteiger partial charge on any atom is 0.346 e. The Morgan fingerprint density at radius 3 is 1.32 bits per heavy atom. The summed E-state index contributed by atoms with van der Waals surface area (Å²) in [5, 5.41) is 0. The van der Waals surface area contributed by atoms with Gasteiger partial charge in [0.2, 0.25) is 0 Å². The topological polar surface area (TPSA) is 49.9 Å². The van der Waals surface area contributed by atoms with E-state index in [0.717, 1.165) is 11.4 Å². The van der Waals surface area contributed by atoms with Crippen LogP contribution < -0.4 is 9.80 Å². The summed E-state index contributed by atoms with van der Waals surface area (Å²) in [6.45, 7) is 2.33. The molecule has 0 N–H and O–H groups in total. The largest absolute Gasteiger partial charge is 0.386 e. The Morgan fingerprint density at radius 1 is 0.645 bits per heavy atom. The van der Waals surface area contributed by atoms with E-state index in [1.165, 1.54) is 0 Å². The van der Waals surface area contributed by atoms with Gasteiger partial charge in [0.15, 0.2) is 0 Å². The van der Waals surface area contributed by atoms with E-state index >= 15 is 0 Å². The summed E-state index contributed by atoms with van der Waals surface area (Å²) >= 11 is 23.4. The number of carbonyl (C=O) groups excluding carboxylic acids is 2. The van der Waals surface area contributed by atoms with Crippen LogP contribution in [0, 0.1) is 0 Å². The second-order valence-electron chi connectivity index (χ2n) is 6.51. The molecule has 9 heteroatoms. The summed E-state index contributed by atoms with van der Waals surface area (Å²) in [6, 6.07) is 13.7. The molecule has 0 aliphatic heterocycles. The van der Waals surface area contributed by atoms with E-state index in [1.54, 1.807) is 36.4 Å². The number of hydrogen-bond donors (Lipinski definition) is 0. The van der Waals surface area contributed by atoms with E-state index in [1.807, 2.05) is 21.9 Å². The zero-order valence-corrected chi connectivity index (χ0v) is 19.9. The molecule has 0 saturated carbocycles. The molecule has 0 bridgehead atoms. The SMILES string of the molecule is O=C(OC(=O)c1cccc(N(CCCl)CCCl)c1)c1cccc(N(CCCl)CCCl)c1. The van der Waals surface area contributed by atoms with Crippen molar-refractivity contribution in [3.63, 3.8) is 0 Å². The lowest BCUT2D eigenvalue weighted by atomic mass is 10.1. The Bertz CT molecular complexity index is 785.